The van der Waals surface area contributed by atoms with Crippen LogP contribution in [0.2, 0.25) is 0 Å². The van der Waals surface area contributed by atoms with Crippen molar-refractivity contribution in [3.05, 3.63) is 95.1 Å². The lowest BCUT2D eigenvalue weighted by atomic mass is 9.74. The van der Waals surface area contributed by atoms with Gasteiger partial charge in [0, 0.05) is 24.2 Å². The van der Waals surface area contributed by atoms with Crippen LogP contribution < -0.4 is 10.2 Å². The molecule has 0 amide bonds. The third-order valence-corrected chi connectivity index (χ3v) is 6.25. The lowest BCUT2D eigenvalue weighted by Gasteiger charge is -2.37. The van der Waals surface area contributed by atoms with Gasteiger partial charge in [-0.2, -0.15) is 0 Å². The molecule has 1 atom stereocenters. The molecule has 1 N–H and O–H groups in total. The fourth-order valence-corrected chi connectivity index (χ4v) is 4.98. The Bertz CT molecular complexity index is 1160. The maximum Gasteiger partial charge on any atom is 0.163 e. The number of hydrogen-bond donors (Lipinski definition) is 1. The number of aryl methyl sites for hydroxylation is 1. The van der Waals surface area contributed by atoms with Crippen molar-refractivity contribution in [3.8, 4) is 0 Å². The summed E-state index contributed by atoms with van der Waals surface area (Å²) in [6.45, 7) is 7.12. The molecule has 4 heteroatoms. The maximum absolute atomic E-state index is 13.5. The summed E-state index contributed by atoms with van der Waals surface area (Å²) in [4.78, 5) is 15.9. The molecule has 3 aromatic rings. The summed E-state index contributed by atoms with van der Waals surface area (Å²) in [5, 5.41) is 3.64. The number of furan rings is 1. The topological polar surface area (TPSA) is 45.5 Å². The van der Waals surface area contributed by atoms with Gasteiger partial charge in [0.1, 0.15) is 11.8 Å². The zero-order chi connectivity index (χ0) is 21.6. The Morgan fingerprint density at radius 3 is 2.68 bits per heavy atom. The molecule has 0 bridgehead atoms. The van der Waals surface area contributed by atoms with Crippen molar-refractivity contribution in [1.29, 1.82) is 0 Å². The molecule has 1 aliphatic carbocycles. The second kappa shape index (κ2) is 7.45. The average molecular weight is 413 g/mol. The van der Waals surface area contributed by atoms with Crippen LogP contribution >= 0.6 is 0 Å². The van der Waals surface area contributed by atoms with Gasteiger partial charge in [-0.3, -0.25) is 4.79 Å². The lowest BCUT2D eigenvalue weighted by molar-refractivity contribution is -0.118. The minimum absolute atomic E-state index is 0.0721. The van der Waals surface area contributed by atoms with Crippen molar-refractivity contribution in [2.75, 3.05) is 10.2 Å². The number of carbonyl (C=O) groups excluding carboxylic acids is 1. The molecule has 0 saturated carbocycles. The number of hydrogen-bond acceptors (Lipinski definition) is 4. The standard InChI is InChI=1S/C27H28N2O2/c1-18-8-6-9-19(14-18)17-29-22-11-5-4-10-20(22)28-21-15-27(2,3)16-23(30)25(21)26(29)24-12-7-13-31-24/h4-14,26,28H,15-17H2,1-3H3. The Morgan fingerprint density at radius 2 is 1.90 bits per heavy atom. The Kier molecular flexibility index (Phi) is 4.73. The summed E-state index contributed by atoms with van der Waals surface area (Å²) in [5.74, 6) is 0.994. The van der Waals surface area contributed by atoms with E-state index in [1.165, 1.54) is 11.1 Å². The number of para-hydroxylation sites is 2. The number of carbonyl (C=O) groups is 1. The zero-order valence-corrected chi connectivity index (χ0v) is 18.3. The van der Waals surface area contributed by atoms with Gasteiger partial charge in [0.05, 0.1) is 17.6 Å². The Labute approximate surface area is 183 Å². The molecule has 31 heavy (non-hydrogen) atoms. The third-order valence-electron chi connectivity index (χ3n) is 6.25. The first-order valence-corrected chi connectivity index (χ1v) is 10.9. The van der Waals surface area contributed by atoms with Gasteiger partial charge in [0.2, 0.25) is 0 Å². The highest BCUT2D eigenvalue weighted by molar-refractivity contribution is 6.01. The fraction of sp³-hybridized carbons (Fsp3) is 0.296. The first kappa shape index (κ1) is 19.7. The van der Waals surface area contributed by atoms with Crippen LogP contribution in [0, 0.1) is 12.3 Å². The molecule has 0 fully saturated rings. The Balaban J connectivity index is 1.72. The normalized spacial score (nSPS) is 20.0. The van der Waals surface area contributed by atoms with Gasteiger partial charge in [0.15, 0.2) is 5.78 Å². The number of Topliss-reactive ketones (excluding diaryl/α,β-unsaturated/α-hetero) is 1. The van der Waals surface area contributed by atoms with Crippen LogP contribution in [0.1, 0.15) is 49.6 Å². The molecule has 0 radical (unpaired) electrons. The SMILES string of the molecule is Cc1cccc(CN2c3ccccc3NC3=C(C(=O)CC(C)(C)C3)C2c2ccco2)c1. The van der Waals surface area contributed by atoms with Gasteiger partial charge >= 0.3 is 0 Å². The molecule has 1 unspecified atom stereocenters. The molecule has 4 nitrogen and oxygen atoms in total. The van der Waals surface area contributed by atoms with Crippen LogP contribution in [0.25, 0.3) is 0 Å². The quantitative estimate of drug-likeness (QED) is 0.540. The van der Waals surface area contributed by atoms with Gasteiger partial charge in [-0.15, -0.1) is 0 Å². The lowest BCUT2D eigenvalue weighted by Crippen LogP contribution is -2.35. The smallest absolute Gasteiger partial charge is 0.163 e. The first-order chi connectivity index (χ1) is 14.9. The highest BCUT2D eigenvalue weighted by Crippen LogP contribution is 2.48. The van der Waals surface area contributed by atoms with Crippen molar-refractivity contribution >= 4 is 17.2 Å². The maximum atomic E-state index is 13.5. The predicted octanol–water partition coefficient (Wildman–Crippen LogP) is 6.40. The van der Waals surface area contributed by atoms with E-state index in [0.29, 0.717) is 13.0 Å². The van der Waals surface area contributed by atoms with Crippen LogP contribution in [0.4, 0.5) is 11.4 Å². The highest BCUT2D eigenvalue weighted by Gasteiger charge is 2.42. The van der Waals surface area contributed by atoms with Crippen molar-refractivity contribution in [1.82, 2.24) is 0 Å². The van der Waals surface area contributed by atoms with Crippen LogP contribution in [0.3, 0.4) is 0 Å². The summed E-state index contributed by atoms with van der Waals surface area (Å²) in [6.07, 6.45) is 3.07. The minimum Gasteiger partial charge on any atom is -0.467 e. The molecular weight excluding hydrogens is 384 g/mol. The van der Waals surface area contributed by atoms with E-state index < -0.39 is 0 Å². The highest BCUT2D eigenvalue weighted by atomic mass is 16.3. The molecule has 2 aromatic carbocycles. The molecule has 2 aliphatic rings. The van der Waals surface area contributed by atoms with E-state index in [0.717, 1.165) is 34.8 Å². The number of fused-ring (bicyclic) bond motifs is 1. The first-order valence-electron chi connectivity index (χ1n) is 10.9. The Hall–Kier alpha value is -3.27. The van der Waals surface area contributed by atoms with Gasteiger partial charge in [0.25, 0.3) is 0 Å². The van der Waals surface area contributed by atoms with Crippen molar-refractivity contribution in [2.24, 2.45) is 5.41 Å². The summed E-state index contributed by atoms with van der Waals surface area (Å²) in [7, 11) is 0. The van der Waals surface area contributed by atoms with E-state index in [-0.39, 0.29) is 17.2 Å². The van der Waals surface area contributed by atoms with Gasteiger partial charge in [-0.25, -0.2) is 0 Å². The van der Waals surface area contributed by atoms with E-state index in [1.54, 1.807) is 6.26 Å². The van der Waals surface area contributed by atoms with E-state index in [2.05, 4.69) is 73.5 Å². The second-order valence-corrected chi connectivity index (χ2v) is 9.51. The summed E-state index contributed by atoms with van der Waals surface area (Å²) in [5.41, 5.74) is 6.31. The molecular formula is C27H28N2O2. The van der Waals surface area contributed by atoms with Crippen LogP contribution in [0.5, 0.6) is 0 Å². The molecule has 5 rings (SSSR count). The predicted molar refractivity (Wildman–Crippen MR) is 124 cm³/mol. The molecule has 2 heterocycles. The number of nitrogens with zero attached hydrogens (tertiary/aromatic N) is 1. The van der Waals surface area contributed by atoms with Gasteiger partial charge in [-0.05, 0) is 48.6 Å². The number of benzene rings is 2. The number of rotatable bonds is 3. The van der Waals surface area contributed by atoms with E-state index in [4.69, 9.17) is 4.42 Å². The van der Waals surface area contributed by atoms with Crippen molar-refractivity contribution in [3.63, 3.8) is 0 Å². The van der Waals surface area contributed by atoms with E-state index >= 15 is 0 Å². The largest absolute Gasteiger partial charge is 0.467 e. The summed E-state index contributed by atoms with van der Waals surface area (Å²) in [6, 6.07) is 20.5. The zero-order valence-electron chi connectivity index (χ0n) is 18.3. The second-order valence-electron chi connectivity index (χ2n) is 9.51. The monoisotopic (exact) mass is 412 g/mol. The summed E-state index contributed by atoms with van der Waals surface area (Å²) >= 11 is 0. The van der Waals surface area contributed by atoms with E-state index in [9.17, 15) is 4.79 Å². The van der Waals surface area contributed by atoms with E-state index in [1.807, 2.05) is 18.2 Å². The molecule has 1 aliphatic heterocycles. The van der Waals surface area contributed by atoms with Gasteiger partial charge in [-0.1, -0.05) is 55.8 Å². The van der Waals surface area contributed by atoms with Crippen LogP contribution in [0.15, 0.2) is 82.6 Å². The Morgan fingerprint density at radius 1 is 1.06 bits per heavy atom. The third kappa shape index (κ3) is 3.67. The number of nitrogens with one attached hydrogen (secondary N) is 1. The average Bonchev–Trinajstić information content (AvgIpc) is 3.19. The molecule has 0 spiro atoms. The summed E-state index contributed by atoms with van der Waals surface area (Å²) < 4.78 is 5.93. The minimum atomic E-state index is -0.273. The number of allylic oxidation sites excluding steroid dienone is 1. The van der Waals surface area contributed by atoms with Crippen LogP contribution in [-0.2, 0) is 11.3 Å². The van der Waals surface area contributed by atoms with Crippen molar-refractivity contribution in [2.45, 2.75) is 46.2 Å². The number of anilines is 2. The molecule has 1 aromatic heterocycles. The molecule has 0 saturated heterocycles. The van der Waals surface area contributed by atoms with Gasteiger partial charge < -0.3 is 14.6 Å². The fourth-order valence-electron chi connectivity index (χ4n) is 4.98. The molecule has 158 valence electrons. The number of ketones is 1. The van der Waals surface area contributed by atoms with Crippen molar-refractivity contribution < 1.29 is 9.21 Å². The van der Waals surface area contributed by atoms with Crippen LogP contribution in [-0.4, -0.2) is 5.78 Å².